The molecule has 0 spiro atoms. The summed E-state index contributed by atoms with van der Waals surface area (Å²) >= 11 is 0. The smallest absolute Gasteiger partial charge is 0.220 e. The molecule has 0 aromatic carbocycles. The minimum atomic E-state index is -0.658. The summed E-state index contributed by atoms with van der Waals surface area (Å²) < 4.78 is 0. The van der Waals surface area contributed by atoms with Gasteiger partial charge in [0.25, 0.3) is 0 Å². The molecule has 1 amide bonds. The first-order valence-corrected chi connectivity index (χ1v) is 26.0. The number of amides is 1. The third kappa shape index (κ3) is 47.0. The Morgan fingerprint density at radius 2 is 0.746 bits per heavy atom. The fourth-order valence-corrected chi connectivity index (χ4v) is 7.86. The van der Waals surface area contributed by atoms with Gasteiger partial charge in [-0.1, -0.05) is 261 Å². The molecule has 0 aliphatic carbocycles. The molecule has 3 N–H and O–H groups in total. The molecule has 4 nitrogen and oxygen atoms in total. The highest BCUT2D eigenvalue weighted by molar-refractivity contribution is 5.76. The second-order valence-corrected chi connectivity index (χ2v) is 17.6. The average molecular weight is 824 g/mol. The molecule has 0 aliphatic rings. The van der Waals surface area contributed by atoms with Crippen molar-refractivity contribution in [1.29, 1.82) is 0 Å². The van der Waals surface area contributed by atoms with Gasteiger partial charge in [0.1, 0.15) is 0 Å². The van der Waals surface area contributed by atoms with E-state index in [1.807, 2.05) is 0 Å². The first-order valence-electron chi connectivity index (χ1n) is 26.0. The third-order valence-electron chi connectivity index (χ3n) is 11.8. The van der Waals surface area contributed by atoms with Crippen molar-refractivity contribution < 1.29 is 15.0 Å². The molecule has 59 heavy (non-hydrogen) atoms. The largest absolute Gasteiger partial charge is 0.394 e. The zero-order valence-electron chi connectivity index (χ0n) is 39.5. The van der Waals surface area contributed by atoms with Crippen molar-refractivity contribution in [3.05, 3.63) is 60.8 Å². The molecule has 2 unspecified atom stereocenters. The van der Waals surface area contributed by atoms with E-state index < -0.39 is 12.1 Å². The summed E-state index contributed by atoms with van der Waals surface area (Å²) in [6.45, 7) is 4.25. The van der Waals surface area contributed by atoms with Crippen molar-refractivity contribution in [3.8, 4) is 0 Å². The van der Waals surface area contributed by atoms with E-state index in [0.717, 1.165) is 57.8 Å². The Balaban J connectivity index is 3.42. The molecule has 0 rings (SSSR count). The Kier molecular flexibility index (Phi) is 48.8. The van der Waals surface area contributed by atoms with Crippen LogP contribution in [0.3, 0.4) is 0 Å². The quantitative estimate of drug-likeness (QED) is 0.0423. The van der Waals surface area contributed by atoms with Gasteiger partial charge in [0, 0.05) is 6.42 Å². The van der Waals surface area contributed by atoms with Gasteiger partial charge >= 0.3 is 0 Å². The van der Waals surface area contributed by atoms with Crippen LogP contribution >= 0.6 is 0 Å². The molecule has 0 bridgehead atoms. The summed E-state index contributed by atoms with van der Waals surface area (Å²) in [6, 6.07) is -0.535. The fraction of sp³-hybridized carbons (Fsp3) is 0.800. The van der Waals surface area contributed by atoms with Gasteiger partial charge in [-0.3, -0.25) is 4.79 Å². The highest BCUT2D eigenvalue weighted by Crippen LogP contribution is 2.17. The number of carbonyl (C=O) groups is 1. The molecule has 4 heteroatoms. The number of carbonyl (C=O) groups excluding carboxylic acids is 1. The van der Waals surface area contributed by atoms with E-state index in [1.165, 1.54) is 180 Å². The van der Waals surface area contributed by atoms with Crippen molar-refractivity contribution in [1.82, 2.24) is 5.32 Å². The van der Waals surface area contributed by atoms with Crippen molar-refractivity contribution in [2.24, 2.45) is 0 Å². The molecule has 0 saturated carbocycles. The number of rotatable bonds is 47. The van der Waals surface area contributed by atoms with Gasteiger partial charge in [-0.05, 0) is 57.8 Å². The third-order valence-corrected chi connectivity index (χ3v) is 11.8. The Hall–Kier alpha value is -1.91. The van der Waals surface area contributed by atoms with Gasteiger partial charge in [-0.2, -0.15) is 0 Å². The SMILES string of the molecule is CC/C=C\C/C=C\C/C=C\C/C=C\C/C=C\CCCCCCCCCCCCCCCCCCCCCC(=O)NC(CO)C(O)CCCCCCCCCCCCCC. The number of hydrogen-bond donors (Lipinski definition) is 3. The lowest BCUT2D eigenvalue weighted by atomic mass is 10.0. The van der Waals surface area contributed by atoms with Crippen LogP contribution in [0.2, 0.25) is 0 Å². The number of aliphatic hydroxyl groups is 2. The van der Waals surface area contributed by atoms with Crippen LogP contribution in [0.1, 0.15) is 264 Å². The molecular formula is C55H101NO3. The zero-order valence-corrected chi connectivity index (χ0v) is 39.5. The zero-order chi connectivity index (χ0) is 42.8. The normalized spacial score (nSPS) is 13.4. The second kappa shape index (κ2) is 50.4. The van der Waals surface area contributed by atoms with Crippen molar-refractivity contribution >= 4 is 5.91 Å². The summed E-state index contributed by atoms with van der Waals surface area (Å²) in [5.41, 5.74) is 0. The van der Waals surface area contributed by atoms with Crippen LogP contribution in [-0.4, -0.2) is 34.9 Å². The van der Waals surface area contributed by atoms with Crippen LogP contribution in [-0.2, 0) is 4.79 Å². The molecule has 0 radical (unpaired) electrons. The van der Waals surface area contributed by atoms with Crippen molar-refractivity contribution in [2.75, 3.05) is 6.61 Å². The first-order chi connectivity index (χ1) is 29.2. The number of hydrogen-bond acceptors (Lipinski definition) is 3. The van der Waals surface area contributed by atoms with Crippen LogP contribution in [0.4, 0.5) is 0 Å². The second-order valence-electron chi connectivity index (χ2n) is 17.6. The maximum absolute atomic E-state index is 12.4. The first kappa shape index (κ1) is 57.1. The maximum atomic E-state index is 12.4. The highest BCUT2D eigenvalue weighted by atomic mass is 16.3. The van der Waals surface area contributed by atoms with Gasteiger partial charge in [0.2, 0.25) is 5.91 Å². The number of aliphatic hydroxyl groups excluding tert-OH is 2. The lowest BCUT2D eigenvalue weighted by molar-refractivity contribution is -0.123. The standard InChI is InChI=1S/C55H101NO3/c1-3-5-7-9-11-13-15-17-18-19-20-21-22-23-24-25-26-27-28-29-30-31-32-33-34-35-36-37-38-39-41-43-45-47-49-51-55(59)56-53(52-57)54(58)50-48-46-44-42-40-16-14-12-10-8-6-4-2/h5,7,11,13,17-18,20-21,23-24,53-54,57-58H,3-4,6,8-10,12,14-16,19,22,25-52H2,1-2H3,(H,56,59)/b7-5-,13-11-,18-17-,21-20-,24-23-. The molecule has 0 aliphatic heterocycles. The van der Waals surface area contributed by atoms with E-state index in [1.54, 1.807) is 0 Å². The maximum Gasteiger partial charge on any atom is 0.220 e. The lowest BCUT2D eigenvalue weighted by Gasteiger charge is -2.22. The van der Waals surface area contributed by atoms with E-state index in [9.17, 15) is 15.0 Å². The Labute approximate surface area is 368 Å². The topological polar surface area (TPSA) is 69.6 Å². The molecular weight excluding hydrogens is 723 g/mol. The summed E-state index contributed by atoms with van der Waals surface area (Å²) in [5.74, 6) is -0.0304. The predicted molar refractivity (Wildman–Crippen MR) is 262 cm³/mol. The van der Waals surface area contributed by atoms with Gasteiger partial charge < -0.3 is 15.5 Å². The highest BCUT2D eigenvalue weighted by Gasteiger charge is 2.20. The van der Waals surface area contributed by atoms with Gasteiger partial charge in [0.15, 0.2) is 0 Å². The summed E-state index contributed by atoms with van der Waals surface area (Å²) in [4.78, 5) is 12.4. The van der Waals surface area contributed by atoms with E-state index in [0.29, 0.717) is 12.8 Å². The molecule has 0 aromatic rings. The van der Waals surface area contributed by atoms with E-state index in [2.05, 4.69) is 79.9 Å². The Bertz CT molecular complexity index is 981. The van der Waals surface area contributed by atoms with Crippen molar-refractivity contribution in [2.45, 2.75) is 276 Å². The molecule has 0 heterocycles. The molecule has 2 atom stereocenters. The average Bonchev–Trinajstić information content (AvgIpc) is 3.24. The van der Waals surface area contributed by atoms with Crippen LogP contribution in [0.25, 0.3) is 0 Å². The van der Waals surface area contributed by atoms with E-state index in [4.69, 9.17) is 0 Å². The van der Waals surface area contributed by atoms with Crippen molar-refractivity contribution in [3.63, 3.8) is 0 Å². The summed E-state index contributed by atoms with van der Waals surface area (Å²) in [6.07, 6.45) is 70.5. The Morgan fingerprint density at radius 1 is 0.424 bits per heavy atom. The van der Waals surface area contributed by atoms with Gasteiger partial charge in [-0.25, -0.2) is 0 Å². The van der Waals surface area contributed by atoms with Crippen LogP contribution < -0.4 is 5.32 Å². The predicted octanol–water partition coefficient (Wildman–Crippen LogP) is 16.9. The number of nitrogens with one attached hydrogen (secondary N) is 1. The number of allylic oxidation sites excluding steroid dienone is 10. The summed E-state index contributed by atoms with van der Waals surface area (Å²) in [5, 5.41) is 23.2. The molecule has 344 valence electrons. The minimum absolute atomic E-state index is 0.0304. The monoisotopic (exact) mass is 824 g/mol. The van der Waals surface area contributed by atoms with Crippen LogP contribution in [0.5, 0.6) is 0 Å². The number of unbranched alkanes of at least 4 members (excludes halogenated alkanes) is 30. The van der Waals surface area contributed by atoms with Gasteiger partial charge in [-0.15, -0.1) is 0 Å². The Morgan fingerprint density at radius 3 is 1.12 bits per heavy atom. The molecule has 0 aromatic heterocycles. The van der Waals surface area contributed by atoms with E-state index >= 15 is 0 Å². The van der Waals surface area contributed by atoms with Gasteiger partial charge in [0.05, 0.1) is 18.8 Å². The minimum Gasteiger partial charge on any atom is -0.394 e. The van der Waals surface area contributed by atoms with Crippen LogP contribution in [0.15, 0.2) is 60.8 Å². The lowest BCUT2D eigenvalue weighted by Crippen LogP contribution is -2.45. The fourth-order valence-electron chi connectivity index (χ4n) is 7.86. The van der Waals surface area contributed by atoms with Crippen LogP contribution in [0, 0.1) is 0 Å². The molecule has 0 fully saturated rings. The summed E-state index contributed by atoms with van der Waals surface area (Å²) in [7, 11) is 0. The van der Waals surface area contributed by atoms with E-state index in [-0.39, 0.29) is 12.5 Å². The molecule has 0 saturated heterocycles.